The van der Waals surface area contributed by atoms with Gasteiger partial charge in [-0.1, -0.05) is 30.3 Å². The maximum atomic E-state index is 11.6. The number of ether oxygens (including phenoxy) is 3. The molecule has 0 aliphatic rings. The minimum atomic E-state index is -0.605. The zero-order valence-electron chi connectivity index (χ0n) is 16.2. The summed E-state index contributed by atoms with van der Waals surface area (Å²) in [6.45, 7) is 8.25. The zero-order valence-corrected chi connectivity index (χ0v) is 16.2. The minimum absolute atomic E-state index is 0.453. The molecule has 0 heterocycles. The number of nitrogens with one attached hydrogen (secondary N) is 1. The lowest BCUT2D eigenvalue weighted by Gasteiger charge is -2.18. The van der Waals surface area contributed by atoms with E-state index in [1.807, 2.05) is 55.5 Å². The number of carbonyl (C=O) groups excluding carboxylic acids is 1. The molecule has 144 valence electrons. The Bertz CT molecular complexity index is 767. The molecule has 1 N–H and O–H groups in total. The fourth-order valence-electron chi connectivity index (χ4n) is 2.19. The summed E-state index contributed by atoms with van der Waals surface area (Å²) in [4.78, 5) is 11.6. The topological polar surface area (TPSA) is 69.2 Å². The Labute approximate surface area is 160 Å². The van der Waals surface area contributed by atoms with Crippen LogP contribution < -0.4 is 14.9 Å². The second kappa shape index (κ2) is 9.62. The number of hydrogen-bond acceptors (Lipinski definition) is 5. The van der Waals surface area contributed by atoms with Gasteiger partial charge in [0.05, 0.1) is 12.8 Å². The van der Waals surface area contributed by atoms with Crippen molar-refractivity contribution in [3.63, 3.8) is 0 Å². The van der Waals surface area contributed by atoms with Crippen molar-refractivity contribution in [2.45, 2.75) is 39.9 Å². The Hall–Kier alpha value is -3.02. The lowest BCUT2D eigenvalue weighted by Crippen LogP contribution is -2.29. The van der Waals surface area contributed by atoms with Crippen molar-refractivity contribution in [1.82, 2.24) is 5.43 Å². The van der Waals surface area contributed by atoms with Crippen LogP contribution in [0.2, 0.25) is 0 Å². The lowest BCUT2D eigenvalue weighted by molar-refractivity contribution is 0.0529. The number of hydrazone groups is 1. The van der Waals surface area contributed by atoms with E-state index in [4.69, 9.17) is 14.2 Å². The summed E-state index contributed by atoms with van der Waals surface area (Å²) >= 11 is 0. The van der Waals surface area contributed by atoms with Crippen LogP contribution in [0.25, 0.3) is 0 Å². The van der Waals surface area contributed by atoms with Crippen LogP contribution in [0.1, 0.15) is 38.8 Å². The molecule has 0 aliphatic carbocycles. The maximum absolute atomic E-state index is 11.6. The molecule has 2 rings (SSSR count). The summed E-state index contributed by atoms with van der Waals surface area (Å²) in [6, 6.07) is 15.4. The standard InChI is InChI=1S/C21H26N2O4/c1-5-25-19-13-17(14-22-23-20(24)27-21(2,3)4)11-12-18(19)26-15-16-9-7-6-8-10-16/h6-14H,5,15H2,1-4H3,(H,23,24)/b22-14-. The molecule has 0 aliphatic heterocycles. The number of carbonyl (C=O) groups is 1. The van der Waals surface area contributed by atoms with Gasteiger partial charge in [0.15, 0.2) is 11.5 Å². The monoisotopic (exact) mass is 370 g/mol. The van der Waals surface area contributed by atoms with E-state index in [9.17, 15) is 4.79 Å². The van der Waals surface area contributed by atoms with Gasteiger partial charge in [0, 0.05) is 0 Å². The molecule has 6 nitrogen and oxygen atoms in total. The fraction of sp³-hybridized carbons (Fsp3) is 0.333. The van der Waals surface area contributed by atoms with E-state index in [-0.39, 0.29) is 0 Å². The highest BCUT2D eigenvalue weighted by Crippen LogP contribution is 2.28. The highest BCUT2D eigenvalue weighted by atomic mass is 16.6. The molecule has 6 heteroatoms. The van der Waals surface area contributed by atoms with Gasteiger partial charge in [-0.15, -0.1) is 0 Å². The zero-order chi connectivity index (χ0) is 19.7. The minimum Gasteiger partial charge on any atom is -0.490 e. The first-order valence-corrected chi connectivity index (χ1v) is 8.83. The number of hydrogen-bond donors (Lipinski definition) is 1. The molecule has 0 fully saturated rings. The molecule has 0 atom stereocenters. The van der Waals surface area contributed by atoms with Crippen molar-refractivity contribution in [3.05, 3.63) is 59.7 Å². The van der Waals surface area contributed by atoms with Crippen molar-refractivity contribution in [1.29, 1.82) is 0 Å². The third-order valence-electron chi connectivity index (χ3n) is 3.27. The first kappa shape index (κ1) is 20.3. The van der Waals surface area contributed by atoms with Crippen LogP contribution in [-0.4, -0.2) is 24.5 Å². The summed E-state index contributed by atoms with van der Waals surface area (Å²) in [5.41, 5.74) is 3.61. The van der Waals surface area contributed by atoms with Gasteiger partial charge < -0.3 is 14.2 Å². The van der Waals surface area contributed by atoms with Crippen LogP contribution in [0.5, 0.6) is 11.5 Å². The Morgan fingerprint density at radius 1 is 1.07 bits per heavy atom. The summed E-state index contributed by atoms with van der Waals surface area (Å²) in [7, 11) is 0. The normalized spacial score (nSPS) is 11.3. The Kier molecular flexibility index (Phi) is 7.23. The van der Waals surface area contributed by atoms with Gasteiger partial charge in [-0.2, -0.15) is 5.10 Å². The highest BCUT2D eigenvalue weighted by molar-refractivity contribution is 5.82. The predicted octanol–water partition coefficient (Wildman–Crippen LogP) is 4.52. The SMILES string of the molecule is CCOc1cc(/C=N\NC(=O)OC(C)(C)C)ccc1OCc1ccccc1. The quantitative estimate of drug-likeness (QED) is 0.574. The molecular formula is C21H26N2O4. The summed E-state index contributed by atoms with van der Waals surface area (Å²) < 4.78 is 16.7. The highest BCUT2D eigenvalue weighted by Gasteiger charge is 2.15. The van der Waals surface area contributed by atoms with Crippen LogP contribution >= 0.6 is 0 Å². The van der Waals surface area contributed by atoms with E-state index in [2.05, 4.69) is 10.5 Å². The van der Waals surface area contributed by atoms with Gasteiger partial charge in [-0.05, 0) is 57.0 Å². The third-order valence-corrected chi connectivity index (χ3v) is 3.27. The molecule has 1 amide bonds. The Morgan fingerprint density at radius 2 is 1.81 bits per heavy atom. The molecule has 0 radical (unpaired) electrons. The van der Waals surface area contributed by atoms with E-state index in [1.54, 1.807) is 20.8 Å². The van der Waals surface area contributed by atoms with Crippen molar-refractivity contribution in [2.75, 3.05) is 6.61 Å². The lowest BCUT2D eigenvalue weighted by atomic mass is 10.2. The fourth-order valence-corrected chi connectivity index (χ4v) is 2.19. The summed E-state index contributed by atoms with van der Waals surface area (Å²) in [5, 5.41) is 3.90. The number of amides is 1. The van der Waals surface area contributed by atoms with E-state index in [1.165, 1.54) is 6.21 Å². The maximum Gasteiger partial charge on any atom is 0.428 e. The molecule has 2 aromatic rings. The average Bonchev–Trinajstić information content (AvgIpc) is 2.61. The van der Waals surface area contributed by atoms with Crippen molar-refractivity contribution < 1.29 is 19.0 Å². The molecule has 27 heavy (non-hydrogen) atoms. The molecule has 2 aromatic carbocycles. The smallest absolute Gasteiger partial charge is 0.428 e. The largest absolute Gasteiger partial charge is 0.490 e. The van der Waals surface area contributed by atoms with Gasteiger partial charge >= 0.3 is 6.09 Å². The van der Waals surface area contributed by atoms with E-state index in [0.29, 0.717) is 24.7 Å². The molecule has 0 bridgehead atoms. The summed E-state index contributed by atoms with van der Waals surface area (Å²) in [6.07, 6.45) is 0.916. The first-order chi connectivity index (χ1) is 12.9. The molecule has 0 spiro atoms. The van der Waals surface area contributed by atoms with E-state index >= 15 is 0 Å². The van der Waals surface area contributed by atoms with Gasteiger partial charge in [-0.3, -0.25) is 0 Å². The Balaban J connectivity index is 2.01. The number of benzene rings is 2. The van der Waals surface area contributed by atoms with Crippen LogP contribution in [0.3, 0.4) is 0 Å². The number of rotatable bonds is 7. The predicted molar refractivity (Wildman–Crippen MR) is 105 cm³/mol. The van der Waals surface area contributed by atoms with Gasteiger partial charge in [0.2, 0.25) is 0 Å². The van der Waals surface area contributed by atoms with Crippen LogP contribution in [0.4, 0.5) is 4.79 Å². The second-order valence-corrected chi connectivity index (χ2v) is 6.79. The van der Waals surface area contributed by atoms with E-state index < -0.39 is 11.7 Å². The Morgan fingerprint density at radius 3 is 2.48 bits per heavy atom. The third kappa shape index (κ3) is 7.40. The van der Waals surface area contributed by atoms with Crippen LogP contribution in [0.15, 0.2) is 53.6 Å². The molecule has 0 aromatic heterocycles. The van der Waals surface area contributed by atoms with Crippen molar-refractivity contribution >= 4 is 12.3 Å². The van der Waals surface area contributed by atoms with Gasteiger partial charge in [0.25, 0.3) is 0 Å². The molecular weight excluding hydrogens is 344 g/mol. The summed E-state index contributed by atoms with van der Waals surface area (Å²) in [5.74, 6) is 1.27. The average molecular weight is 370 g/mol. The van der Waals surface area contributed by atoms with Crippen LogP contribution in [0, 0.1) is 0 Å². The van der Waals surface area contributed by atoms with Crippen molar-refractivity contribution in [2.24, 2.45) is 5.10 Å². The molecule has 0 unspecified atom stereocenters. The number of nitrogens with zero attached hydrogens (tertiary/aromatic N) is 1. The molecule has 0 saturated heterocycles. The van der Waals surface area contributed by atoms with Crippen molar-refractivity contribution in [3.8, 4) is 11.5 Å². The van der Waals surface area contributed by atoms with Gasteiger partial charge in [-0.25, -0.2) is 10.2 Å². The first-order valence-electron chi connectivity index (χ1n) is 8.83. The molecule has 0 saturated carbocycles. The van der Waals surface area contributed by atoms with E-state index in [0.717, 1.165) is 11.1 Å². The second-order valence-electron chi connectivity index (χ2n) is 6.79. The van der Waals surface area contributed by atoms with Crippen LogP contribution in [-0.2, 0) is 11.3 Å². The van der Waals surface area contributed by atoms with Gasteiger partial charge in [0.1, 0.15) is 12.2 Å².